The molecule has 0 aliphatic carbocycles. The van der Waals surface area contributed by atoms with E-state index in [-0.39, 0.29) is 38.2 Å². The Kier molecular flexibility index (Phi) is 11.6. The van der Waals surface area contributed by atoms with Gasteiger partial charge in [0.25, 0.3) is 0 Å². The van der Waals surface area contributed by atoms with Gasteiger partial charge in [0, 0.05) is 24.8 Å². The molecule has 0 fully saturated rings. The number of nitrogens with one attached hydrogen (secondary N) is 1. The summed E-state index contributed by atoms with van der Waals surface area (Å²) in [6, 6.07) is 22.7. The molecule has 0 saturated carbocycles. The van der Waals surface area contributed by atoms with E-state index in [9.17, 15) is 14.7 Å². The Balaban J connectivity index is 1.54. The second-order valence-corrected chi connectivity index (χ2v) is 10.3. The van der Waals surface area contributed by atoms with Crippen molar-refractivity contribution in [2.75, 3.05) is 26.9 Å². The fourth-order valence-electron chi connectivity index (χ4n) is 4.95. The van der Waals surface area contributed by atoms with Crippen molar-refractivity contribution in [2.24, 2.45) is 0 Å². The molecule has 8 nitrogen and oxygen atoms in total. The summed E-state index contributed by atoms with van der Waals surface area (Å²) in [5.41, 5.74) is 3.63. The molecule has 222 valence electrons. The molecular weight excluding hydrogens is 534 g/mol. The number of carbonyl (C=O) groups is 2. The second-order valence-electron chi connectivity index (χ2n) is 10.3. The van der Waals surface area contributed by atoms with Crippen LogP contribution in [0.2, 0.25) is 0 Å². The number of aryl methyl sites for hydroxylation is 1. The number of unbranched alkanes of at least 4 members (excludes halogenated alkanes) is 2. The number of methoxy groups -OCH3 is 1. The number of furan rings is 1. The Labute approximate surface area is 246 Å². The number of esters is 1. The lowest BCUT2D eigenvalue weighted by atomic mass is 10.0. The van der Waals surface area contributed by atoms with Crippen LogP contribution in [0.25, 0.3) is 11.0 Å². The van der Waals surface area contributed by atoms with E-state index in [2.05, 4.69) is 5.32 Å². The number of ether oxygens (including phenoxy) is 2. The maximum atomic E-state index is 13.4. The average molecular weight is 574 g/mol. The van der Waals surface area contributed by atoms with Gasteiger partial charge in [-0.15, -0.1) is 0 Å². The van der Waals surface area contributed by atoms with E-state index >= 15 is 0 Å². The smallest absolute Gasteiger partial charge is 0.342 e. The van der Waals surface area contributed by atoms with E-state index in [1.807, 2.05) is 72.8 Å². The van der Waals surface area contributed by atoms with Crippen LogP contribution in [0.5, 0.6) is 5.75 Å². The Morgan fingerprint density at radius 3 is 2.29 bits per heavy atom. The predicted octanol–water partition coefficient (Wildman–Crippen LogP) is 5.00. The van der Waals surface area contributed by atoms with E-state index in [1.165, 1.54) is 0 Å². The molecule has 0 aliphatic heterocycles. The quantitative estimate of drug-likeness (QED) is 0.127. The van der Waals surface area contributed by atoms with Crippen molar-refractivity contribution in [1.82, 2.24) is 5.32 Å². The number of carbonyl (C=O) groups excluding carboxylic acids is 2. The highest BCUT2D eigenvalue weighted by molar-refractivity contribution is 6.06. The molecule has 1 aromatic heterocycles. The third-order valence-corrected chi connectivity index (χ3v) is 7.11. The van der Waals surface area contributed by atoms with Gasteiger partial charge in [0.2, 0.25) is 5.91 Å². The molecule has 1 atom stereocenters. The molecule has 0 saturated heterocycles. The standard InChI is InChI=1S/C34H39NO7/c1-40-30-22-26(15-16-31(38)35-27(23-37)19-24-11-5-2-6-12-24)20-28-32(34(39)41-18-10-4-9-17-36)29(42-33(28)30)21-25-13-7-3-8-14-25/h2-3,5-8,11-14,20,22,27,36-37H,4,9-10,15-19,21,23H2,1H3,(H,35,38)/t27-/m0/s1. The van der Waals surface area contributed by atoms with E-state index in [4.69, 9.17) is 19.0 Å². The van der Waals surface area contributed by atoms with Crippen LogP contribution in [-0.2, 0) is 28.8 Å². The molecule has 42 heavy (non-hydrogen) atoms. The van der Waals surface area contributed by atoms with Gasteiger partial charge >= 0.3 is 5.97 Å². The monoisotopic (exact) mass is 573 g/mol. The van der Waals surface area contributed by atoms with Crippen LogP contribution in [0, 0.1) is 0 Å². The number of benzene rings is 3. The third kappa shape index (κ3) is 8.44. The Morgan fingerprint density at radius 1 is 0.905 bits per heavy atom. The van der Waals surface area contributed by atoms with Crippen molar-refractivity contribution in [3.8, 4) is 5.75 Å². The molecule has 0 unspecified atom stereocenters. The van der Waals surface area contributed by atoms with Crippen molar-refractivity contribution in [3.05, 3.63) is 101 Å². The summed E-state index contributed by atoms with van der Waals surface area (Å²) in [5, 5.41) is 22.3. The zero-order valence-electron chi connectivity index (χ0n) is 24.0. The first kappa shape index (κ1) is 30.8. The van der Waals surface area contributed by atoms with Gasteiger partial charge in [-0.05, 0) is 60.9 Å². The summed E-state index contributed by atoms with van der Waals surface area (Å²) in [4.78, 5) is 26.2. The van der Waals surface area contributed by atoms with Crippen LogP contribution < -0.4 is 10.1 Å². The number of aliphatic hydroxyl groups excluding tert-OH is 2. The van der Waals surface area contributed by atoms with E-state index in [0.717, 1.165) is 23.1 Å². The zero-order valence-corrected chi connectivity index (χ0v) is 24.0. The van der Waals surface area contributed by atoms with Gasteiger partial charge in [-0.3, -0.25) is 4.79 Å². The molecule has 0 bridgehead atoms. The van der Waals surface area contributed by atoms with Gasteiger partial charge in [-0.25, -0.2) is 4.79 Å². The molecular formula is C34H39NO7. The van der Waals surface area contributed by atoms with Crippen molar-refractivity contribution >= 4 is 22.8 Å². The minimum atomic E-state index is -0.479. The Bertz CT molecular complexity index is 1430. The summed E-state index contributed by atoms with van der Waals surface area (Å²) >= 11 is 0. The van der Waals surface area contributed by atoms with Crippen LogP contribution >= 0.6 is 0 Å². The first-order chi connectivity index (χ1) is 20.5. The number of hydrogen-bond donors (Lipinski definition) is 3. The first-order valence-corrected chi connectivity index (χ1v) is 14.4. The Morgan fingerprint density at radius 2 is 1.62 bits per heavy atom. The highest BCUT2D eigenvalue weighted by Gasteiger charge is 2.25. The number of fused-ring (bicyclic) bond motifs is 1. The van der Waals surface area contributed by atoms with Crippen LogP contribution in [-0.4, -0.2) is 55.1 Å². The number of rotatable bonds is 16. The highest BCUT2D eigenvalue weighted by atomic mass is 16.5. The van der Waals surface area contributed by atoms with Gasteiger partial charge in [0.1, 0.15) is 11.3 Å². The lowest BCUT2D eigenvalue weighted by Gasteiger charge is -2.16. The van der Waals surface area contributed by atoms with Gasteiger partial charge in [-0.2, -0.15) is 0 Å². The molecule has 1 heterocycles. The van der Waals surface area contributed by atoms with Crippen LogP contribution in [0.3, 0.4) is 0 Å². The van der Waals surface area contributed by atoms with E-state index < -0.39 is 5.97 Å². The van der Waals surface area contributed by atoms with Gasteiger partial charge in [0.05, 0.1) is 26.4 Å². The summed E-state index contributed by atoms with van der Waals surface area (Å²) in [7, 11) is 1.54. The fourth-order valence-corrected chi connectivity index (χ4v) is 4.95. The molecule has 1 amide bonds. The molecule has 4 rings (SSSR count). The fraction of sp³-hybridized carbons (Fsp3) is 0.353. The normalized spacial score (nSPS) is 11.8. The molecule has 0 aliphatic rings. The van der Waals surface area contributed by atoms with Gasteiger partial charge in [-0.1, -0.05) is 60.7 Å². The largest absolute Gasteiger partial charge is 0.493 e. The molecule has 3 N–H and O–H groups in total. The zero-order chi connectivity index (χ0) is 29.7. The molecule has 3 aromatic carbocycles. The van der Waals surface area contributed by atoms with Gasteiger partial charge in [0.15, 0.2) is 11.3 Å². The predicted molar refractivity (Wildman–Crippen MR) is 161 cm³/mol. The van der Waals surface area contributed by atoms with Crippen LogP contribution in [0.4, 0.5) is 0 Å². The van der Waals surface area contributed by atoms with Crippen LogP contribution in [0.15, 0.2) is 77.2 Å². The lowest BCUT2D eigenvalue weighted by Crippen LogP contribution is -2.39. The topological polar surface area (TPSA) is 118 Å². The van der Waals surface area contributed by atoms with Crippen molar-refractivity contribution in [2.45, 2.75) is 51.0 Å². The van der Waals surface area contributed by atoms with Crippen molar-refractivity contribution in [1.29, 1.82) is 0 Å². The number of amides is 1. The molecule has 0 spiro atoms. The van der Waals surface area contributed by atoms with Crippen molar-refractivity contribution in [3.63, 3.8) is 0 Å². The van der Waals surface area contributed by atoms with Crippen molar-refractivity contribution < 1.29 is 33.7 Å². The number of hydrogen-bond acceptors (Lipinski definition) is 7. The Hall–Kier alpha value is -4.14. The summed E-state index contributed by atoms with van der Waals surface area (Å²) in [6.45, 7) is 0.184. The highest BCUT2D eigenvalue weighted by Crippen LogP contribution is 2.36. The van der Waals surface area contributed by atoms with E-state index in [1.54, 1.807) is 7.11 Å². The SMILES string of the molecule is COc1cc(CCC(=O)N[C@H](CO)Cc2ccccc2)cc2c(C(=O)OCCCCCO)c(Cc3ccccc3)oc12. The minimum Gasteiger partial charge on any atom is -0.493 e. The molecule has 8 heteroatoms. The third-order valence-electron chi connectivity index (χ3n) is 7.11. The van der Waals surface area contributed by atoms with Gasteiger partial charge < -0.3 is 29.4 Å². The summed E-state index contributed by atoms with van der Waals surface area (Å²) < 4.78 is 17.5. The number of aliphatic hydroxyl groups is 2. The maximum Gasteiger partial charge on any atom is 0.342 e. The first-order valence-electron chi connectivity index (χ1n) is 14.4. The van der Waals surface area contributed by atoms with Crippen LogP contribution in [0.1, 0.15) is 58.5 Å². The lowest BCUT2D eigenvalue weighted by molar-refractivity contribution is -0.122. The summed E-state index contributed by atoms with van der Waals surface area (Å²) in [6.07, 6.45) is 3.59. The molecule has 0 radical (unpaired) electrons. The van der Waals surface area contributed by atoms with E-state index in [0.29, 0.717) is 60.1 Å². The molecule has 4 aromatic rings. The second kappa shape index (κ2) is 15.7. The average Bonchev–Trinajstić information content (AvgIpc) is 3.37. The maximum absolute atomic E-state index is 13.4. The summed E-state index contributed by atoms with van der Waals surface area (Å²) in [5.74, 6) is 0.295. The minimum absolute atomic E-state index is 0.107.